The van der Waals surface area contributed by atoms with Crippen molar-refractivity contribution in [3.63, 3.8) is 0 Å². The molecule has 0 fully saturated rings. The summed E-state index contributed by atoms with van der Waals surface area (Å²) in [6.45, 7) is 0. The second kappa shape index (κ2) is 7.49. The first-order valence-corrected chi connectivity index (χ1v) is 10.1. The molecular formula is C18H14ClNO4S2. The van der Waals surface area contributed by atoms with Crippen LogP contribution in [-0.4, -0.2) is 21.4 Å². The summed E-state index contributed by atoms with van der Waals surface area (Å²) in [4.78, 5) is 12.9. The van der Waals surface area contributed by atoms with Crippen LogP contribution in [0.15, 0.2) is 69.8 Å². The van der Waals surface area contributed by atoms with E-state index < -0.39 is 15.7 Å². The van der Waals surface area contributed by atoms with Crippen molar-refractivity contribution in [2.24, 2.45) is 0 Å². The quantitative estimate of drug-likeness (QED) is 0.676. The number of rotatable bonds is 5. The van der Waals surface area contributed by atoms with E-state index in [2.05, 4.69) is 5.32 Å². The fourth-order valence-corrected chi connectivity index (χ4v) is 5.06. The lowest BCUT2D eigenvalue weighted by Crippen LogP contribution is -2.11. The van der Waals surface area contributed by atoms with Crippen molar-refractivity contribution in [2.75, 3.05) is 12.4 Å². The molecule has 0 spiro atoms. The molecule has 0 aliphatic carbocycles. The van der Waals surface area contributed by atoms with Crippen LogP contribution in [0.4, 0.5) is 5.69 Å². The Balaban J connectivity index is 1.86. The topological polar surface area (TPSA) is 72.5 Å². The number of hydrogen-bond donors (Lipinski definition) is 1. The number of hydrogen-bond acceptors (Lipinski definition) is 5. The van der Waals surface area contributed by atoms with E-state index in [-0.39, 0.29) is 14.0 Å². The SMILES string of the molecule is COc1ccc(Cl)cc1NC(=O)c1ccc(S(=O)(=O)c2ccccc2)s1. The molecular weight excluding hydrogens is 394 g/mol. The van der Waals surface area contributed by atoms with E-state index in [1.165, 1.54) is 31.4 Å². The molecule has 1 heterocycles. The molecule has 0 aliphatic heterocycles. The Bertz CT molecular complexity index is 1050. The molecule has 134 valence electrons. The van der Waals surface area contributed by atoms with E-state index in [9.17, 15) is 13.2 Å². The van der Waals surface area contributed by atoms with Gasteiger partial charge in [-0.3, -0.25) is 4.79 Å². The Labute approximate surface area is 160 Å². The molecule has 0 unspecified atom stereocenters. The summed E-state index contributed by atoms with van der Waals surface area (Å²) in [7, 11) is -2.17. The summed E-state index contributed by atoms with van der Waals surface area (Å²) in [6, 6.07) is 15.8. The minimum absolute atomic E-state index is 0.104. The van der Waals surface area contributed by atoms with E-state index in [1.807, 2.05) is 0 Å². The molecule has 5 nitrogen and oxygen atoms in total. The molecule has 3 aromatic rings. The number of methoxy groups -OCH3 is 1. The number of ether oxygens (including phenoxy) is 1. The Morgan fingerprint density at radius 3 is 2.50 bits per heavy atom. The molecule has 0 aliphatic rings. The molecule has 3 rings (SSSR count). The molecule has 1 aromatic heterocycles. The number of carbonyl (C=O) groups excluding carboxylic acids is 1. The van der Waals surface area contributed by atoms with Crippen molar-refractivity contribution in [1.82, 2.24) is 0 Å². The molecule has 0 saturated heterocycles. The molecule has 0 bridgehead atoms. The van der Waals surface area contributed by atoms with Crippen LogP contribution in [-0.2, 0) is 9.84 Å². The molecule has 1 N–H and O–H groups in total. The average molecular weight is 408 g/mol. The summed E-state index contributed by atoms with van der Waals surface area (Å²) < 4.78 is 30.5. The number of nitrogens with one attached hydrogen (secondary N) is 1. The fraction of sp³-hybridized carbons (Fsp3) is 0.0556. The zero-order valence-electron chi connectivity index (χ0n) is 13.6. The van der Waals surface area contributed by atoms with Gasteiger partial charge in [0.25, 0.3) is 5.91 Å². The molecule has 8 heteroatoms. The van der Waals surface area contributed by atoms with Crippen molar-refractivity contribution in [3.8, 4) is 5.75 Å². The summed E-state index contributed by atoms with van der Waals surface area (Å²) in [6.07, 6.45) is 0. The standard InChI is InChI=1S/C18H14ClNO4S2/c1-24-15-8-7-12(19)11-14(15)20-18(21)16-9-10-17(25-16)26(22,23)13-5-3-2-4-6-13/h2-11H,1H3,(H,20,21). The van der Waals surface area contributed by atoms with Crippen molar-refractivity contribution >= 4 is 44.4 Å². The van der Waals surface area contributed by atoms with Crippen LogP contribution in [0, 0.1) is 0 Å². The monoisotopic (exact) mass is 407 g/mol. The Hall–Kier alpha value is -2.35. The molecule has 26 heavy (non-hydrogen) atoms. The summed E-state index contributed by atoms with van der Waals surface area (Å²) in [5.41, 5.74) is 0.408. The molecule has 0 radical (unpaired) electrons. The first-order valence-electron chi connectivity index (χ1n) is 7.46. The van der Waals surface area contributed by atoms with E-state index in [4.69, 9.17) is 16.3 Å². The number of halogens is 1. The number of carbonyl (C=O) groups is 1. The first kappa shape index (κ1) is 18.4. The molecule has 0 atom stereocenters. The number of thiophene rings is 1. The third-order valence-electron chi connectivity index (χ3n) is 3.53. The van der Waals surface area contributed by atoms with Crippen LogP contribution in [0.25, 0.3) is 0 Å². The lowest BCUT2D eigenvalue weighted by molar-refractivity contribution is 0.103. The summed E-state index contributed by atoms with van der Waals surface area (Å²) in [5.74, 6) is 0.0153. The van der Waals surface area contributed by atoms with Crippen LogP contribution in [0.5, 0.6) is 5.75 Å². The van der Waals surface area contributed by atoms with Gasteiger partial charge in [0.05, 0.1) is 22.6 Å². The van der Waals surface area contributed by atoms with Crippen molar-refractivity contribution in [2.45, 2.75) is 9.10 Å². The number of benzene rings is 2. The van der Waals surface area contributed by atoms with Gasteiger partial charge >= 0.3 is 0 Å². The average Bonchev–Trinajstić information content (AvgIpc) is 3.14. The number of sulfone groups is 1. The Kier molecular flexibility index (Phi) is 5.31. The van der Waals surface area contributed by atoms with Gasteiger partial charge < -0.3 is 10.1 Å². The van der Waals surface area contributed by atoms with Gasteiger partial charge in [0.15, 0.2) is 0 Å². The Morgan fingerprint density at radius 1 is 1.08 bits per heavy atom. The number of amides is 1. The van der Waals surface area contributed by atoms with Crippen LogP contribution < -0.4 is 10.1 Å². The predicted octanol–water partition coefficient (Wildman–Crippen LogP) is 4.50. The third-order valence-corrected chi connectivity index (χ3v) is 7.11. The van der Waals surface area contributed by atoms with E-state index >= 15 is 0 Å². The maximum absolute atomic E-state index is 12.6. The highest BCUT2D eigenvalue weighted by atomic mass is 35.5. The Morgan fingerprint density at radius 2 is 1.81 bits per heavy atom. The largest absolute Gasteiger partial charge is 0.495 e. The summed E-state index contributed by atoms with van der Waals surface area (Å²) >= 11 is 6.86. The zero-order valence-corrected chi connectivity index (χ0v) is 16.0. The predicted molar refractivity (Wildman–Crippen MR) is 102 cm³/mol. The van der Waals surface area contributed by atoms with Crippen LogP contribution >= 0.6 is 22.9 Å². The second-order valence-electron chi connectivity index (χ2n) is 5.23. The number of anilines is 1. The van der Waals surface area contributed by atoms with Gasteiger partial charge in [-0.05, 0) is 42.5 Å². The van der Waals surface area contributed by atoms with Gasteiger partial charge in [-0.25, -0.2) is 8.42 Å². The van der Waals surface area contributed by atoms with Crippen LogP contribution in [0.1, 0.15) is 9.67 Å². The second-order valence-corrected chi connectivity index (χ2v) is 8.93. The van der Waals surface area contributed by atoms with Gasteiger partial charge in [-0.1, -0.05) is 29.8 Å². The molecule has 0 saturated carbocycles. The van der Waals surface area contributed by atoms with Gasteiger partial charge in [0.1, 0.15) is 9.96 Å². The van der Waals surface area contributed by atoms with Crippen molar-refractivity contribution in [1.29, 1.82) is 0 Å². The lowest BCUT2D eigenvalue weighted by Gasteiger charge is -2.09. The highest BCUT2D eigenvalue weighted by Gasteiger charge is 2.22. The van der Waals surface area contributed by atoms with Gasteiger partial charge in [0.2, 0.25) is 9.84 Å². The smallest absolute Gasteiger partial charge is 0.265 e. The fourth-order valence-electron chi connectivity index (χ4n) is 2.26. The molecule has 1 amide bonds. The minimum Gasteiger partial charge on any atom is -0.495 e. The van der Waals surface area contributed by atoms with E-state index in [0.717, 1.165) is 11.3 Å². The van der Waals surface area contributed by atoms with Crippen LogP contribution in [0.2, 0.25) is 5.02 Å². The molecule has 2 aromatic carbocycles. The third kappa shape index (κ3) is 3.75. The highest BCUT2D eigenvalue weighted by Crippen LogP contribution is 2.31. The van der Waals surface area contributed by atoms with Crippen LogP contribution in [0.3, 0.4) is 0 Å². The van der Waals surface area contributed by atoms with E-state index in [1.54, 1.807) is 36.4 Å². The maximum atomic E-state index is 12.6. The highest BCUT2D eigenvalue weighted by molar-refractivity contribution is 7.93. The lowest BCUT2D eigenvalue weighted by atomic mass is 10.3. The van der Waals surface area contributed by atoms with Crippen molar-refractivity contribution in [3.05, 3.63) is 70.6 Å². The first-order chi connectivity index (χ1) is 12.4. The minimum atomic E-state index is -3.65. The van der Waals surface area contributed by atoms with Crippen molar-refractivity contribution < 1.29 is 17.9 Å². The normalized spacial score (nSPS) is 11.2. The van der Waals surface area contributed by atoms with Gasteiger partial charge in [-0.2, -0.15) is 0 Å². The summed E-state index contributed by atoms with van der Waals surface area (Å²) in [5, 5.41) is 3.13. The van der Waals surface area contributed by atoms with E-state index in [0.29, 0.717) is 16.5 Å². The van der Waals surface area contributed by atoms with Gasteiger partial charge in [0, 0.05) is 5.02 Å². The zero-order chi connectivity index (χ0) is 18.7. The maximum Gasteiger partial charge on any atom is 0.265 e. The van der Waals surface area contributed by atoms with Gasteiger partial charge in [-0.15, -0.1) is 11.3 Å².